The molecular formula is C26H49O12P. The number of aliphatic hydroxyl groups is 6. The number of unbranched alkanes of at least 4 members (excludes halogenated alkanes) is 10. The normalized spacial score (nSPS) is 27.9. The lowest BCUT2D eigenvalue weighted by Crippen LogP contribution is -2.64. The molecule has 6 unspecified atom stereocenters. The number of carbonyl (C=O) groups is 1. The fraction of sp³-hybridized carbons (Fsp3) is 0.885. The second-order valence-corrected chi connectivity index (χ2v) is 11.5. The van der Waals surface area contributed by atoms with Crippen molar-refractivity contribution in [1.29, 1.82) is 0 Å². The van der Waals surface area contributed by atoms with E-state index in [2.05, 4.69) is 28.1 Å². The fourth-order valence-electron chi connectivity index (χ4n) is 4.16. The van der Waals surface area contributed by atoms with E-state index in [0.29, 0.717) is 6.42 Å². The van der Waals surface area contributed by atoms with Crippen molar-refractivity contribution in [2.75, 3.05) is 13.2 Å². The van der Waals surface area contributed by atoms with Crippen molar-refractivity contribution in [1.82, 2.24) is 0 Å². The van der Waals surface area contributed by atoms with Crippen LogP contribution < -0.4 is 0 Å². The van der Waals surface area contributed by atoms with Gasteiger partial charge in [-0.05, 0) is 32.1 Å². The first-order valence-electron chi connectivity index (χ1n) is 14.0. The minimum absolute atomic E-state index is 0.182. The Bertz CT molecular complexity index is 720. The summed E-state index contributed by atoms with van der Waals surface area (Å²) in [7, 11) is -4.98. The third-order valence-electron chi connectivity index (χ3n) is 6.59. The lowest BCUT2D eigenvalue weighted by Gasteiger charge is -2.41. The summed E-state index contributed by atoms with van der Waals surface area (Å²) in [4.78, 5) is 21.7. The van der Waals surface area contributed by atoms with Crippen LogP contribution in [-0.2, 0) is 23.1 Å². The van der Waals surface area contributed by atoms with Crippen LogP contribution in [0.1, 0.15) is 90.4 Å². The molecule has 1 aliphatic carbocycles. The van der Waals surface area contributed by atoms with E-state index in [4.69, 9.17) is 4.74 Å². The number of rotatable bonds is 21. The van der Waals surface area contributed by atoms with E-state index in [1.165, 1.54) is 32.1 Å². The molecule has 0 aromatic heterocycles. The SMILES string of the molecule is CCCCCCC/C=C\CCCCCCCC(=O)OCC(O)COP(=O)(O)OC1C(O)C(O)C(O)C(O)C1O. The van der Waals surface area contributed by atoms with Gasteiger partial charge in [0.15, 0.2) is 0 Å². The van der Waals surface area contributed by atoms with Gasteiger partial charge in [0.1, 0.15) is 49.3 Å². The summed E-state index contributed by atoms with van der Waals surface area (Å²) in [6, 6.07) is 0. The Morgan fingerprint density at radius 3 is 1.82 bits per heavy atom. The van der Waals surface area contributed by atoms with Gasteiger partial charge in [0, 0.05) is 6.42 Å². The van der Waals surface area contributed by atoms with Gasteiger partial charge in [0.2, 0.25) is 0 Å². The molecule has 12 nitrogen and oxygen atoms in total. The standard InChI is InChI=1S/C26H49O12P/c1-2-3-4-5-6-7-8-9-10-11-12-13-14-15-16-20(28)36-17-19(27)18-37-39(34,35)38-26-24(32)22(30)21(29)23(31)25(26)33/h8-9,19,21-27,29-33H,2-7,10-18H2,1H3,(H,34,35)/b9-8-. The van der Waals surface area contributed by atoms with Gasteiger partial charge in [-0.3, -0.25) is 13.8 Å². The molecular weight excluding hydrogens is 535 g/mol. The van der Waals surface area contributed by atoms with Crippen LogP contribution in [0.5, 0.6) is 0 Å². The summed E-state index contributed by atoms with van der Waals surface area (Å²) in [5.74, 6) is -0.519. The summed E-state index contributed by atoms with van der Waals surface area (Å²) < 4.78 is 26.3. The van der Waals surface area contributed by atoms with Crippen LogP contribution >= 0.6 is 7.82 Å². The zero-order valence-corrected chi connectivity index (χ0v) is 23.8. The first kappa shape index (κ1) is 36.1. The van der Waals surface area contributed by atoms with Crippen molar-refractivity contribution in [3.63, 3.8) is 0 Å². The maximum absolute atomic E-state index is 12.1. The molecule has 0 aliphatic heterocycles. The summed E-state index contributed by atoms with van der Waals surface area (Å²) in [5, 5.41) is 58.5. The highest BCUT2D eigenvalue weighted by Gasteiger charge is 2.51. The second kappa shape index (κ2) is 20.0. The van der Waals surface area contributed by atoms with Crippen LogP contribution in [-0.4, -0.2) is 97.4 Å². The minimum Gasteiger partial charge on any atom is -0.463 e. The van der Waals surface area contributed by atoms with Crippen molar-refractivity contribution in [3.8, 4) is 0 Å². The molecule has 0 heterocycles. The van der Waals surface area contributed by atoms with E-state index in [0.717, 1.165) is 38.5 Å². The Morgan fingerprint density at radius 1 is 0.769 bits per heavy atom. The summed E-state index contributed by atoms with van der Waals surface area (Å²) in [6.07, 6.45) is 4.91. The van der Waals surface area contributed by atoms with Gasteiger partial charge < -0.3 is 40.3 Å². The van der Waals surface area contributed by atoms with Gasteiger partial charge in [-0.1, -0.05) is 64.0 Å². The van der Waals surface area contributed by atoms with Crippen LogP contribution in [0, 0.1) is 0 Å². The molecule has 0 bridgehead atoms. The van der Waals surface area contributed by atoms with Crippen molar-refractivity contribution >= 4 is 13.8 Å². The Hall–Kier alpha value is -0.920. The van der Waals surface area contributed by atoms with Crippen LogP contribution in [0.4, 0.5) is 0 Å². The van der Waals surface area contributed by atoms with E-state index in [1.54, 1.807) is 0 Å². The van der Waals surface area contributed by atoms with Crippen molar-refractivity contribution in [2.24, 2.45) is 0 Å². The molecule has 0 aromatic rings. The largest absolute Gasteiger partial charge is 0.472 e. The van der Waals surface area contributed by atoms with Crippen molar-refractivity contribution in [2.45, 2.75) is 133 Å². The molecule has 0 saturated heterocycles. The molecule has 13 heteroatoms. The number of hydrogen-bond acceptors (Lipinski definition) is 11. The van der Waals surface area contributed by atoms with Crippen LogP contribution in [0.25, 0.3) is 0 Å². The molecule has 0 amide bonds. The monoisotopic (exact) mass is 584 g/mol. The lowest BCUT2D eigenvalue weighted by atomic mass is 9.85. The molecule has 39 heavy (non-hydrogen) atoms. The molecule has 230 valence electrons. The quantitative estimate of drug-likeness (QED) is 0.0447. The Morgan fingerprint density at radius 2 is 1.26 bits per heavy atom. The number of phosphoric ester groups is 1. The maximum Gasteiger partial charge on any atom is 0.472 e. The predicted molar refractivity (Wildman–Crippen MR) is 142 cm³/mol. The molecule has 0 radical (unpaired) electrons. The van der Waals surface area contributed by atoms with E-state index < -0.39 is 69.7 Å². The number of carbonyl (C=O) groups excluding carboxylic acids is 1. The first-order chi connectivity index (χ1) is 18.5. The van der Waals surface area contributed by atoms with Crippen molar-refractivity contribution < 1.29 is 58.7 Å². The molecule has 6 atom stereocenters. The van der Waals surface area contributed by atoms with Crippen LogP contribution in [0.3, 0.4) is 0 Å². The number of aliphatic hydroxyl groups excluding tert-OH is 6. The van der Waals surface area contributed by atoms with Gasteiger partial charge in [0.05, 0.1) is 6.61 Å². The molecule has 0 aromatic carbocycles. The van der Waals surface area contributed by atoms with Crippen LogP contribution in [0.2, 0.25) is 0 Å². The van der Waals surface area contributed by atoms with Gasteiger partial charge in [-0.2, -0.15) is 0 Å². The lowest BCUT2D eigenvalue weighted by molar-refractivity contribution is -0.220. The van der Waals surface area contributed by atoms with Gasteiger partial charge in [0.25, 0.3) is 0 Å². The fourth-order valence-corrected chi connectivity index (χ4v) is 5.14. The van der Waals surface area contributed by atoms with Crippen molar-refractivity contribution in [3.05, 3.63) is 12.2 Å². The average molecular weight is 585 g/mol. The Kier molecular flexibility index (Phi) is 18.6. The third kappa shape index (κ3) is 15.0. The van der Waals surface area contributed by atoms with E-state index >= 15 is 0 Å². The first-order valence-corrected chi connectivity index (χ1v) is 15.5. The van der Waals surface area contributed by atoms with Crippen LogP contribution in [0.15, 0.2) is 12.2 Å². The molecule has 1 saturated carbocycles. The summed E-state index contributed by atoms with van der Waals surface area (Å²) >= 11 is 0. The van der Waals surface area contributed by atoms with E-state index in [1.807, 2.05) is 0 Å². The second-order valence-electron chi connectivity index (χ2n) is 10.1. The molecule has 0 spiro atoms. The van der Waals surface area contributed by atoms with E-state index in [-0.39, 0.29) is 6.42 Å². The Labute approximate surface area is 231 Å². The van der Waals surface area contributed by atoms with Gasteiger partial charge in [-0.25, -0.2) is 4.57 Å². The molecule has 7 N–H and O–H groups in total. The summed E-state index contributed by atoms with van der Waals surface area (Å²) in [5.41, 5.74) is 0. The predicted octanol–water partition coefficient (Wildman–Crippen LogP) is 1.86. The average Bonchev–Trinajstić information content (AvgIpc) is 2.91. The number of phosphoric acid groups is 1. The Balaban J connectivity index is 2.11. The number of allylic oxidation sites excluding steroid dienone is 2. The minimum atomic E-state index is -4.98. The molecule has 1 aliphatic rings. The topological polar surface area (TPSA) is 203 Å². The number of hydrogen-bond donors (Lipinski definition) is 7. The number of ether oxygens (including phenoxy) is 1. The zero-order valence-electron chi connectivity index (χ0n) is 22.9. The smallest absolute Gasteiger partial charge is 0.463 e. The van der Waals surface area contributed by atoms with Gasteiger partial charge in [-0.15, -0.1) is 0 Å². The maximum atomic E-state index is 12.1. The van der Waals surface area contributed by atoms with Gasteiger partial charge >= 0.3 is 13.8 Å². The number of esters is 1. The van der Waals surface area contributed by atoms with E-state index in [9.17, 15) is 44.9 Å². The highest BCUT2D eigenvalue weighted by atomic mass is 31.2. The molecule has 1 rings (SSSR count). The highest BCUT2D eigenvalue weighted by molar-refractivity contribution is 7.47. The summed E-state index contributed by atoms with van der Waals surface area (Å²) in [6.45, 7) is 0.954. The third-order valence-corrected chi connectivity index (χ3v) is 7.57. The highest BCUT2D eigenvalue weighted by Crippen LogP contribution is 2.47. The zero-order chi connectivity index (χ0) is 29.3. The molecule has 1 fully saturated rings.